The second-order valence-corrected chi connectivity index (χ2v) is 7.23. The predicted octanol–water partition coefficient (Wildman–Crippen LogP) is 2.55. The highest BCUT2D eigenvalue weighted by Gasteiger charge is 2.24. The van der Waals surface area contributed by atoms with Crippen LogP contribution in [0.1, 0.15) is 30.1 Å². The number of aryl methyl sites for hydroxylation is 2. The number of rotatable bonds is 5. The molecule has 0 fully saturated rings. The van der Waals surface area contributed by atoms with Gasteiger partial charge in [-0.2, -0.15) is 0 Å². The summed E-state index contributed by atoms with van der Waals surface area (Å²) in [5, 5.41) is 13.8. The number of likely N-dealkylation sites (N-methyl/N-ethyl adjacent to an activating group) is 1. The van der Waals surface area contributed by atoms with Crippen LogP contribution in [-0.2, 0) is 6.54 Å². The number of fused-ring (bicyclic) bond motifs is 1. The second-order valence-electron chi connectivity index (χ2n) is 6.03. The van der Waals surface area contributed by atoms with Crippen molar-refractivity contribution in [2.75, 3.05) is 26.0 Å². The van der Waals surface area contributed by atoms with Crippen molar-refractivity contribution in [2.45, 2.75) is 39.8 Å². The molecule has 0 radical (unpaired) electrons. The van der Waals surface area contributed by atoms with Crippen LogP contribution in [-0.4, -0.2) is 46.2 Å². The molecule has 2 N–H and O–H groups in total. The first-order chi connectivity index (χ1) is 9.80. The minimum Gasteiger partial charge on any atom is -0.394 e. The molecule has 0 amide bonds. The van der Waals surface area contributed by atoms with Gasteiger partial charge in [0, 0.05) is 17.5 Å². The first-order valence-corrected chi connectivity index (χ1v) is 7.88. The predicted molar refractivity (Wildman–Crippen MR) is 89.1 cm³/mol. The van der Waals surface area contributed by atoms with Gasteiger partial charge >= 0.3 is 0 Å². The summed E-state index contributed by atoms with van der Waals surface area (Å²) in [7, 11) is 3.87. The molecule has 6 heteroatoms. The first-order valence-electron chi connectivity index (χ1n) is 7.06. The van der Waals surface area contributed by atoms with Crippen molar-refractivity contribution in [2.24, 2.45) is 0 Å². The smallest absolute Gasteiger partial charge is 0.146 e. The molecule has 21 heavy (non-hydrogen) atoms. The van der Waals surface area contributed by atoms with E-state index in [0.717, 1.165) is 21.9 Å². The van der Waals surface area contributed by atoms with E-state index in [1.807, 2.05) is 27.9 Å². The summed E-state index contributed by atoms with van der Waals surface area (Å²) in [5.41, 5.74) is 0.953. The Labute approximate surface area is 130 Å². The van der Waals surface area contributed by atoms with Gasteiger partial charge in [0.05, 0.1) is 18.5 Å². The molecule has 0 aliphatic carbocycles. The maximum Gasteiger partial charge on any atom is 0.146 e. The lowest BCUT2D eigenvalue weighted by molar-refractivity contribution is 0.0715. The topological polar surface area (TPSA) is 61.3 Å². The number of aromatic nitrogens is 2. The van der Waals surface area contributed by atoms with Gasteiger partial charge in [-0.3, -0.25) is 4.90 Å². The normalized spacial score (nSPS) is 12.4. The molecule has 0 aliphatic rings. The molecule has 116 valence electrons. The number of hydrogen-bond donors (Lipinski definition) is 2. The van der Waals surface area contributed by atoms with Crippen molar-refractivity contribution in [1.29, 1.82) is 0 Å². The Morgan fingerprint density at radius 2 is 1.95 bits per heavy atom. The summed E-state index contributed by atoms with van der Waals surface area (Å²) in [6.45, 7) is 8.94. The number of nitrogens with zero attached hydrogens (tertiary/aromatic N) is 3. The van der Waals surface area contributed by atoms with Crippen LogP contribution in [0.25, 0.3) is 10.2 Å². The molecule has 0 unspecified atom stereocenters. The van der Waals surface area contributed by atoms with Gasteiger partial charge in [0.25, 0.3) is 0 Å². The maximum absolute atomic E-state index is 9.46. The quantitative estimate of drug-likeness (QED) is 0.889. The van der Waals surface area contributed by atoms with Crippen LogP contribution in [0.2, 0.25) is 0 Å². The van der Waals surface area contributed by atoms with Crippen molar-refractivity contribution in [1.82, 2.24) is 14.9 Å². The molecule has 5 nitrogen and oxygen atoms in total. The number of aliphatic hydroxyl groups is 1. The summed E-state index contributed by atoms with van der Waals surface area (Å²) in [6, 6.07) is 0. The third kappa shape index (κ3) is 3.02. The lowest BCUT2D eigenvalue weighted by Gasteiger charge is -2.33. The van der Waals surface area contributed by atoms with Crippen LogP contribution in [0, 0.1) is 13.8 Å². The van der Waals surface area contributed by atoms with Gasteiger partial charge in [-0.25, -0.2) is 9.97 Å². The van der Waals surface area contributed by atoms with Gasteiger partial charge in [0.1, 0.15) is 16.5 Å². The third-order valence-electron chi connectivity index (χ3n) is 4.11. The Kier molecular flexibility index (Phi) is 4.51. The Hall–Kier alpha value is -1.24. The molecular formula is C15H24N4OS. The molecule has 0 aromatic carbocycles. The highest BCUT2D eigenvalue weighted by Crippen LogP contribution is 2.33. The van der Waals surface area contributed by atoms with E-state index in [-0.39, 0.29) is 12.1 Å². The average molecular weight is 308 g/mol. The SMILES string of the molecule is CNc1nc(CN(C)C(C)(C)CO)nc2sc(C)c(C)c12. The number of thiophene rings is 1. The zero-order chi connectivity index (χ0) is 15.8. The molecule has 0 spiro atoms. The van der Waals surface area contributed by atoms with Gasteiger partial charge in [-0.05, 0) is 40.3 Å². The first kappa shape index (κ1) is 16.1. The van der Waals surface area contributed by atoms with E-state index >= 15 is 0 Å². The van der Waals surface area contributed by atoms with Crippen molar-refractivity contribution in [3.63, 3.8) is 0 Å². The van der Waals surface area contributed by atoms with E-state index in [1.165, 1.54) is 10.4 Å². The summed E-state index contributed by atoms with van der Waals surface area (Å²) < 4.78 is 0. The number of aliphatic hydroxyl groups excluding tert-OH is 1. The summed E-state index contributed by atoms with van der Waals surface area (Å²) in [5.74, 6) is 1.66. The monoisotopic (exact) mass is 308 g/mol. The lowest BCUT2D eigenvalue weighted by atomic mass is 10.1. The molecule has 2 rings (SSSR count). The number of nitrogens with one attached hydrogen (secondary N) is 1. The van der Waals surface area contributed by atoms with E-state index in [2.05, 4.69) is 29.0 Å². The number of anilines is 1. The molecule has 0 bridgehead atoms. The van der Waals surface area contributed by atoms with Gasteiger partial charge < -0.3 is 10.4 Å². The Morgan fingerprint density at radius 3 is 2.52 bits per heavy atom. The van der Waals surface area contributed by atoms with E-state index in [9.17, 15) is 5.11 Å². The molecule has 0 atom stereocenters. The average Bonchev–Trinajstić information content (AvgIpc) is 2.73. The summed E-state index contributed by atoms with van der Waals surface area (Å²) in [4.78, 5) is 13.7. The second kappa shape index (κ2) is 5.87. The Balaban J connectivity index is 2.42. The van der Waals surface area contributed by atoms with E-state index in [1.54, 1.807) is 11.3 Å². The Morgan fingerprint density at radius 1 is 1.29 bits per heavy atom. The molecule has 0 saturated heterocycles. The van der Waals surface area contributed by atoms with Gasteiger partial charge in [0.2, 0.25) is 0 Å². The fraction of sp³-hybridized carbons (Fsp3) is 0.600. The van der Waals surface area contributed by atoms with E-state index in [4.69, 9.17) is 4.98 Å². The fourth-order valence-corrected chi connectivity index (χ4v) is 3.14. The molecular weight excluding hydrogens is 284 g/mol. The van der Waals surface area contributed by atoms with Crippen molar-refractivity contribution < 1.29 is 5.11 Å². The van der Waals surface area contributed by atoms with Gasteiger partial charge in [-0.1, -0.05) is 0 Å². The third-order valence-corrected chi connectivity index (χ3v) is 5.21. The van der Waals surface area contributed by atoms with Crippen molar-refractivity contribution in [3.8, 4) is 0 Å². The standard InChI is InChI=1S/C15H24N4OS/c1-9-10(2)21-14-12(9)13(16-5)17-11(18-14)7-19(6)15(3,4)8-20/h20H,7-8H2,1-6H3,(H,16,17,18). The Bertz CT molecular complexity index is 651. The van der Waals surface area contributed by atoms with Crippen LogP contribution in [0.3, 0.4) is 0 Å². The van der Waals surface area contributed by atoms with Crippen LogP contribution < -0.4 is 5.32 Å². The van der Waals surface area contributed by atoms with Crippen LogP contribution in [0.5, 0.6) is 0 Å². The van der Waals surface area contributed by atoms with Crippen LogP contribution in [0.15, 0.2) is 0 Å². The largest absolute Gasteiger partial charge is 0.394 e. The summed E-state index contributed by atoms with van der Waals surface area (Å²) >= 11 is 1.70. The van der Waals surface area contributed by atoms with Crippen LogP contribution in [0.4, 0.5) is 5.82 Å². The maximum atomic E-state index is 9.46. The zero-order valence-electron chi connectivity index (χ0n) is 13.6. The molecule has 2 aromatic rings. The van der Waals surface area contributed by atoms with E-state index < -0.39 is 0 Å². The van der Waals surface area contributed by atoms with Gasteiger partial charge in [-0.15, -0.1) is 11.3 Å². The fourth-order valence-electron chi connectivity index (χ4n) is 2.09. The highest BCUT2D eigenvalue weighted by atomic mass is 32.1. The number of hydrogen-bond acceptors (Lipinski definition) is 6. The highest BCUT2D eigenvalue weighted by molar-refractivity contribution is 7.18. The van der Waals surface area contributed by atoms with Crippen molar-refractivity contribution in [3.05, 3.63) is 16.3 Å². The zero-order valence-corrected chi connectivity index (χ0v) is 14.4. The summed E-state index contributed by atoms with van der Waals surface area (Å²) in [6.07, 6.45) is 0. The molecule has 2 heterocycles. The van der Waals surface area contributed by atoms with Gasteiger partial charge in [0.15, 0.2) is 0 Å². The molecule has 0 aliphatic heterocycles. The lowest BCUT2D eigenvalue weighted by Crippen LogP contribution is -2.43. The van der Waals surface area contributed by atoms with Crippen molar-refractivity contribution >= 4 is 27.4 Å². The minimum absolute atomic E-state index is 0.0991. The molecule has 0 saturated carbocycles. The molecule has 2 aromatic heterocycles. The van der Waals surface area contributed by atoms with Crippen LogP contribution >= 0.6 is 11.3 Å². The minimum atomic E-state index is -0.292. The van der Waals surface area contributed by atoms with E-state index in [0.29, 0.717) is 6.54 Å².